The van der Waals surface area contributed by atoms with Crippen LogP contribution in [-0.2, 0) is 0 Å². The Morgan fingerprint density at radius 2 is 2.36 bits per heavy atom. The number of rotatable bonds is 2. The second-order valence-corrected chi connectivity index (χ2v) is 5.19. The van der Waals surface area contributed by atoms with E-state index in [-0.39, 0.29) is 6.04 Å². The van der Waals surface area contributed by atoms with Crippen LogP contribution in [0.3, 0.4) is 0 Å². The molecule has 1 unspecified atom stereocenters. The largest absolute Gasteiger partial charge is 0.467 e. The molecule has 74 valence electrons. The highest BCUT2D eigenvalue weighted by Crippen LogP contribution is 2.32. The van der Waals surface area contributed by atoms with Gasteiger partial charge in [0.15, 0.2) is 0 Å². The minimum atomic E-state index is -0.153. The van der Waals surface area contributed by atoms with E-state index in [2.05, 4.69) is 22.9 Å². The standard InChI is InChI=1S/C10H10BrNOS/c1-6-7(11)5-9(14-6)10(12)8-3-2-4-13-8/h2-5,10H,12H2,1H3. The Hall–Kier alpha value is -0.580. The van der Waals surface area contributed by atoms with Crippen molar-refractivity contribution in [1.82, 2.24) is 0 Å². The lowest BCUT2D eigenvalue weighted by atomic mass is 10.2. The van der Waals surface area contributed by atoms with E-state index in [0.717, 1.165) is 15.1 Å². The average molecular weight is 272 g/mol. The number of hydrogen-bond acceptors (Lipinski definition) is 3. The Morgan fingerprint density at radius 1 is 1.57 bits per heavy atom. The maximum absolute atomic E-state index is 6.04. The van der Waals surface area contributed by atoms with E-state index in [1.165, 1.54) is 4.88 Å². The van der Waals surface area contributed by atoms with Gasteiger partial charge in [0.25, 0.3) is 0 Å². The van der Waals surface area contributed by atoms with Gasteiger partial charge in [-0.2, -0.15) is 0 Å². The monoisotopic (exact) mass is 271 g/mol. The van der Waals surface area contributed by atoms with Crippen molar-refractivity contribution in [3.05, 3.63) is 44.4 Å². The third kappa shape index (κ3) is 1.78. The van der Waals surface area contributed by atoms with E-state index in [4.69, 9.17) is 10.2 Å². The Labute approximate surface area is 94.9 Å². The Bertz CT molecular complexity index is 402. The second-order valence-electron chi connectivity index (χ2n) is 3.05. The van der Waals surface area contributed by atoms with Gasteiger partial charge in [-0.25, -0.2) is 0 Å². The lowest BCUT2D eigenvalue weighted by Gasteiger charge is -2.04. The molecule has 2 N–H and O–H groups in total. The molecule has 2 aromatic rings. The molecule has 0 spiro atoms. The molecule has 0 saturated carbocycles. The lowest BCUT2D eigenvalue weighted by molar-refractivity contribution is 0.492. The molecule has 0 aromatic carbocycles. The third-order valence-corrected chi connectivity index (χ3v) is 4.25. The first-order chi connectivity index (χ1) is 6.68. The highest BCUT2D eigenvalue weighted by molar-refractivity contribution is 9.10. The summed E-state index contributed by atoms with van der Waals surface area (Å²) in [6.07, 6.45) is 1.64. The summed E-state index contributed by atoms with van der Waals surface area (Å²) in [5.41, 5.74) is 6.04. The molecule has 1 atom stereocenters. The van der Waals surface area contributed by atoms with Gasteiger partial charge in [0.2, 0.25) is 0 Å². The number of hydrogen-bond donors (Lipinski definition) is 1. The van der Waals surface area contributed by atoms with Gasteiger partial charge in [-0.05, 0) is 41.1 Å². The summed E-state index contributed by atoms with van der Waals surface area (Å²) in [5.74, 6) is 0.804. The smallest absolute Gasteiger partial charge is 0.125 e. The van der Waals surface area contributed by atoms with Crippen LogP contribution in [0, 0.1) is 6.92 Å². The molecule has 2 heterocycles. The SMILES string of the molecule is Cc1sc(C(N)c2ccco2)cc1Br. The van der Waals surface area contributed by atoms with Crippen molar-refractivity contribution < 1.29 is 4.42 Å². The predicted molar refractivity (Wildman–Crippen MR) is 61.5 cm³/mol. The summed E-state index contributed by atoms with van der Waals surface area (Å²) in [6.45, 7) is 2.06. The Balaban J connectivity index is 2.32. The number of furan rings is 1. The van der Waals surface area contributed by atoms with Gasteiger partial charge in [-0.3, -0.25) is 0 Å². The van der Waals surface area contributed by atoms with E-state index in [0.29, 0.717) is 0 Å². The first-order valence-corrected chi connectivity index (χ1v) is 5.84. The van der Waals surface area contributed by atoms with Gasteiger partial charge in [-0.15, -0.1) is 11.3 Å². The third-order valence-electron chi connectivity index (χ3n) is 2.03. The number of nitrogens with two attached hydrogens (primary N) is 1. The van der Waals surface area contributed by atoms with Gasteiger partial charge in [0, 0.05) is 14.2 Å². The Morgan fingerprint density at radius 3 is 2.86 bits per heavy atom. The fraction of sp³-hybridized carbons (Fsp3) is 0.200. The van der Waals surface area contributed by atoms with Crippen LogP contribution in [0.15, 0.2) is 33.4 Å². The molecular formula is C10H10BrNOS. The maximum Gasteiger partial charge on any atom is 0.125 e. The van der Waals surface area contributed by atoms with Crippen molar-refractivity contribution in [3.8, 4) is 0 Å². The average Bonchev–Trinajstić information content (AvgIpc) is 2.76. The summed E-state index contributed by atoms with van der Waals surface area (Å²) in [6, 6.07) is 5.64. The minimum Gasteiger partial charge on any atom is -0.467 e. The Kier molecular flexibility index (Phi) is 2.76. The fourth-order valence-corrected chi connectivity index (χ4v) is 2.81. The molecule has 0 fully saturated rings. The maximum atomic E-state index is 6.04. The van der Waals surface area contributed by atoms with Gasteiger partial charge >= 0.3 is 0 Å². The van der Waals surface area contributed by atoms with Crippen molar-refractivity contribution >= 4 is 27.3 Å². The second kappa shape index (κ2) is 3.88. The van der Waals surface area contributed by atoms with Crippen LogP contribution >= 0.6 is 27.3 Å². The number of thiophene rings is 1. The molecule has 0 saturated heterocycles. The van der Waals surface area contributed by atoms with E-state index in [9.17, 15) is 0 Å². The molecule has 2 nitrogen and oxygen atoms in total. The summed E-state index contributed by atoms with van der Waals surface area (Å²) in [7, 11) is 0. The van der Waals surface area contributed by atoms with E-state index in [1.807, 2.05) is 18.2 Å². The summed E-state index contributed by atoms with van der Waals surface area (Å²) in [5, 5.41) is 0. The summed E-state index contributed by atoms with van der Waals surface area (Å²) in [4.78, 5) is 2.35. The van der Waals surface area contributed by atoms with E-state index < -0.39 is 0 Å². The van der Waals surface area contributed by atoms with Gasteiger partial charge in [0.05, 0.1) is 12.3 Å². The number of halogens is 1. The minimum absolute atomic E-state index is 0.153. The molecule has 0 aliphatic heterocycles. The first-order valence-electron chi connectivity index (χ1n) is 4.23. The van der Waals surface area contributed by atoms with Crippen LogP contribution in [-0.4, -0.2) is 0 Å². The zero-order valence-corrected chi connectivity index (χ0v) is 10.1. The number of aryl methyl sites for hydroxylation is 1. The van der Waals surface area contributed by atoms with Gasteiger partial charge in [-0.1, -0.05) is 0 Å². The van der Waals surface area contributed by atoms with Gasteiger partial charge < -0.3 is 10.2 Å². The highest BCUT2D eigenvalue weighted by atomic mass is 79.9. The van der Waals surface area contributed by atoms with Crippen LogP contribution in [0.25, 0.3) is 0 Å². The molecule has 4 heteroatoms. The molecule has 0 aliphatic rings. The first kappa shape index (κ1) is 9.96. The molecule has 14 heavy (non-hydrogen) atoms. The summed E-state index contributed by atoms with van der Waals surface area (Å²) < 4.78 is 6.38. The zero-order valence-electron chi connectivity index (χ0n) is 7.66. The van der Waals surface area contributed by atoms with Crippen molar-refractivity contribution in [2.45, 2.75) is 13.0 Å². The van der Waals surface area contributed by atoms with Crippen molar-refractivity contribution in [3.63, 3.8) is 0 Å². The fourth-order valence-electron chi connectivity index (χ4n) is 1.24. The van der Waals surface area contributed by atoms with Crippen LogP contribution in [0.5, 0.6) is 0 Å². The molecule has 2 aromatic heterocycles. The van der Waals surface area contributed by atoms with Crippen LogP contribution in [0.2, 0.25) is 0 Å². The summed E-state index contributed by atoms with van der Waals surface area (Å²) >= 11 is 5.16. The molecular weight excluding hydrogens is 262 g/mol. The predicted octanol–water partition coefficient (Wildman–Crippen LogP) is 3.46. The highest BCUT2D eigenvalue weighted by Gasteiger charge is 2.14. The van der Waals surface area contributed by atoms with Gasteiger partial charge in [0.1, 0.15) is 5.76 Å². The topological polar surface area (TPSA) is 39.2 Å². The van der Waals surface area contributed by atoms with Crippen LogP contribution in [0.4, 0.5) is 0 Å². The molecule has 0 aliphatic carbocycles. The lowest BCUT2D eigenvalue weighted by Crippen LogP contribution is -2.08. The molecule has 0 amide bonds. The quantitative estimate of drug-likeness (QED) is 0.909. The zero-order chi connectivity index (χ0) is 10.1. The van der Waals surface area contributed by atoms with Crippen molar-refractivity contribution in [2.24, 2.45) is 5.73 Å². The van der Waals surface area contributed by atoms with Crippen LogP contribution < -0.4 is 5.73 Å². The molecule has 0 radical (unpaired) electrons. The van der Waals surface area contributed by atoms with E-state index >= 15 is 0 Å². The molecule has 0 bridgehead atoms. The van der Waals surface area contributed by atoms with E-state index in [1.54, 1.807) is 17.6 Å². The van der Waals surface area contributed by atoms with Crippen molar-refractivity contribution in [1.29, 1.82) is 0 Å². The normalized spacial score (nSPS) is 13.1. The van der Waals surface area contributed by atoms with Crippen molar-refractivity contribution in [2.75, 3.05) is 0 Å². The van der Waals surface area contributed by atoms with Crippen LogP contribution in [0.1, 0.15) is 21.6 Å². The molecule has 2 rings (SSSR count).